The van der Waals surface area contributed by atoms with Crippen LogP contribution in [0.4, 0.5) is 22.7 Å². The van der Waals surface area contributed by atoms with Crippen molar-refractivity contribution in [2.24, 2.45) is 20.5 Å². The second-order valence-corrected chi connectivity index (χ2v) is 12.6. The Morgan fingerprint density at radius 3 is 1.27 bits per heavy atom. The van der Waals surface area contributed by atoms with Crippen molar-refractivity contribution in [1.82, 2.24) is 0 Å². The summed E-state index contributed by atoms with van der Waals surface area (Å²) in [6, 6.07) is 16.9. The van der Waals surface area contributed by atoms with Crippen molar-refractivity contribution < 1.29 is 38.1 Å². The molecule has 0 saturated carbocycles. The summed E-state index contributed by atoms with van der Waals surface area (Å²) in [5.74, 6) is -0.952. The lowest BCUT2D eigenvalue weighted by Crippen LogP contribution is -2.32. The number of ether oxygens (including phenoxy) is 4. The fourth-order valence-electron chi connectivity index (χ4n) is 5.17. The number of anilines is 2. The summed E-state index contributed by atoms with van der Waals surface area (Å²) in [4.78, 5) is 51.3. The van der Waals surface area contributed by atoms with Crippen molar-refractivity contribution in [2.75, 3.05) is 37.1 Å². The number of Topliss-reactive ketones (excluding diaryl/α,β-unsaturated/α-hetero) is 2. The molecule has 0 aliphatic heterocycles. The van der Waals surface area contributed by atoms with E-state index in [0.29, 0.717) is 71.9 Å². The summed E-state index contributed by atoms with van der Waals surface area (Å²) in [7, 11) is 0. The third kappa shape index (κ3) is 11.1. The normalized spacial score (nSPS) is 12.2. The maximum Gasteiger partial charge on any atom is 0.258 e. The van der Waals surface area contributed by atoms with Crippen LogP contribution < -0.4 is 29.6 Å². The van der Waals surface area contributed by atoms with E-state index in [1.807, 2.05) is 13.8 Å². The number of para-hydroxylation sites is 2. The molecule has 4 aromatic rings. The van der Waals surface area contributed by atoms with Gasteiger partial charge in [0.2, 0.25) is 12.1 Å². The quantitative estimate of drug-likeness (QED) is 0.0695. The lowest BCUT2D eigenvalue weighted by molar-refractivity contribution is -0.127. The first kappa shape index (κ1) is 42.9. The van der Waals surface area contributed by atoms with Crippen molar-refractivity contribution >= 4 is 69.3 Å². The Balaban J connectivity index is 1.49. The Morgan fingerprint density at radius 1 is 0.571 bits per heavy atom. The maximum atomic E-state index is 13.2. The Bertz CT molecular complexity index is 1980. The molecule has 2 atom stereocenters. The summed E-state index contributed by atoms with van der Waals surface area (Å²) in [6.45, 7) is 11.1. The van der Waals surface area contributed by atoms with Crippen LogP contribution in [0, 0.1) is 0 Å². The van der Waals surface area contributed by atoms with E-state index in [4.69, 9.17) is 42.1 Å². The summed E-state index contributed by atoms with van der Waals surface area (Å²) < 4.78 is 22.6. The zero-order chi connectivity index (χ0) is 40.8. The van der Waals surface area contributed by atoms with E-state index in [1.54, 1.807) is 86.6 Å². The number of azo groups is 2. The predicted octanol–water partition coefficient (Wildman–Crippen LogP) is 9.62. The molecule has 294 valence electrons. The van der Waals surface area contributed by atoms with Gasteiger partial charge in [0, 0.05) is 0 Å². The fraction of sp³-hybridized carbons (Fsp3) is 0.300. The number of halogens is 2. The molecule has 0 aromatic heterocycles. The van der Waals surface area contributed by atoms with Gasteiger partial charge in [-0.05, 0) is 101 Å². The lowest BCUT2D eigenvalue weighted by atomic mass is 10.0. The maximum absolute atomic E-state index is 13.2. The second kappa shape index (κ2) is 20.7. The lowest BCUT2D eigenvalue weighted by Gasteiger charge is -2.16. The molecule has 0 fully saturated rings. The third-order valence-corrected chi connectivity index (χ3v) is 8.31. The molecule has 0 aliphatic carbocycles. The molecule has 0 heterocycles. The smallest absolute Gasteiger partial charge is 0.258 e. The molecule has 0 saturated heterocycles. The third-order valence-electron chi connectivity index (χ3n) is 7.71. The SMILES string of the molecule is CCOc1cccc(NC(=O)C(N=Nc2ccc(-c3ccc(N=NC(C(C)=O)C(=O)Nc4cccc(OCC)c4OCC)c(Cl)c3)cc2Cl)C(C)=O)c1OCC. The largest absolute Gasteiger partial charge is 0.490 e. The average Bonchev–Trinajstić information content (AvgIpc) is 3.15. The molecular weight excluding hydrogens is 763 g/mol. The van der Waals surface area contributed by atoms with Gasteiger partial charge in [0.05, 0.1) is 47.8 Å². The number of ketones is 2. The van der Waals surface area contributed by atoms with Crippen molar-refractivity contribution in [1.29, 1.82) is 0 Å². The number of nitrogens with one attached hydrogen (secondary N) is 2. The molecule has 4 aromatic carbocycles. The van der Waals surface area contributed by atoms with Crippen LogP contribution in [-0.2, 0) is 19.2 Å². The molecule has 0 spiro atoms. The van der Waals surface area contributed by atoms with Crippen LogP contribution in [0.25, 0.3) is 11.1 Å². The van der Waals surface area contributed by atoms with Gasteiger partial charge in [0.15, 0.2) is 34.6 Å². The highest BCUT2D eigenvalue weighted by Gasteiger charge is 2.27. The Morgan fingerprint density at radius 2 is 0.946 bits per heavy atom. The summed E-state index contributed by atoms with van der Waals surface area (Å²) >= 11 is 13.1. The van der Waals surface area contributed by atoms with E-state index in [1.165, 1.54) is 13.8 Å². The van der Waals surface area contributed by atoms with Gasteiger partial charge in [0.25, 0.3) is 11.8 Å². The monoisotopic (exact) mass is 804 g/mol. The Kier molecular flexibility index (Phi) is 15.9. The first-order chi connectivity index (χ1) is 26.9. The van der Waals surface area contributed by atoms with Crippen LogP contribution in [0.15, 0.2) is 93.3 Å². The van der Waals surface area contributed by atoms with Gasteiger partial charge in [-0.3, -0.25) is 19.2 Å². The molecule has 0 bridgehead atoms. The molecule has 4 rings (SSSR count). The zero-order valence-electron chi connectivity index (χ0n) is 31.7. The molecule has 14 nitrogen and oxygen atoms in total. The number of carbonyl (C=O) groups is 4. The van der Waals surface area contributed by atoms with Crippen LogP contribution >= 0.6 is 23.2 Å². The number of nitrogens with zero attached hydrogens (tertiary/aromatic N) is 4. The highest BCUT2D eigenvalue weighted by Crippen LogP contribution is 2.38. The van der Waals surface area contributed by atoms with Crippen molar-refractivity contribution in [3.8, 4) is 34.1 Å². The molecule has 56 heavy (non-hydrogen) atoms. The Labute approximate surface area is 334 Å². The minimum atomic E-state index is -1.47. The predicted molar refractivity (Wildman–Crippen MR) is 215 cm³/mol. The van der Waals surface area contributed by atoms with E-state index in [-0.39, 0.29) is 21.4 Å². The van der Waals surface area contributed by atoms with Crippen molar-refractivity contribution in [3.63, 3.8) is 0 Å². The molecule has 0 radical (unpaired) electrons. The molecule has 2 N–H and O–H groups in total. The van der Waals surface area contributed by atoms with Gasteiger partial charge in [-0.2, -0.15) is 20.5 Å². The minimum Gasteiger partial charge on any atom is -0.490 e. The molecule has 2 amide bonds. The van der Waals surface area contributed by atoms with E-state index in [0.717, 1.165) is 0 Å². The van der Waals surface area contributed by atoms with Crippen molar-refractivity contribution in [2.45, 2.75) is 53.6 Å². The van der Waals surface area contributed by atoms with Crippen LogP contribution in [0.2, 0.25) is 10.0 Å². The van der Waals surface area contributed by atoms with Crippen LogP contribution in [0.5, 0.6) is 23.0 Å². The van der Waals surface area contributed by atoms with E-state index in [9.17, 15) is 19.2 Å². The fourth-order valence-corrected chi connectivity index (χ4v) is 5.60. The number of benzene rings is 4. The van der Waals surface area contributed by atoms with Gasteiger partial charge in [-0.15, -0.1) is 0 Å². The highest BCUT2D eigenvalue weighted by molar-refractivity contribution is 6.34. The van der Waals surface area contributed by atoms with Gasteiger partial charge < -0.3 is 29.6 Å². The summed E-state index contributed by atoms with van der Waals surface area (Å²) in [6.07, 6.45) is 0. The molecule has 16 heteroatoms. The van der Waals surface area contributed by atoms with Crippen LogP contribution in [-0.4, -0.2) is 61.9 Å². The van der Waals surface area contributed by atoms with Crippen LogP contribution in [0.1, 0.15) is 41.5 Å². The summed E-state index contributed by atoms with van der Waals surface area (Å²) in [5.41, 5.74) is 2.37. The number of amides is 2. The highest BCUT2D eigenvalue weighted by atomic mass is 35.5. The number of rotatable bonds is 19. The topological polar surface area (TPSA) is 179 Å². The van der Waals surface area contributed by atoms with Gasteiger partial charge in [-0.25, -0.2) is 0 Å². The Hall–Kier alpha value is -5.86. The molecule has 2 unspecified atom stereocenters. The van der Waals surface area contributed by atoms with E-state index >= 15 is 0 Å². The first-order valence-corrected chi connectivity index (χ1v) is 18.5. The van der Waals surface area contributed by atoms with E-state index in [2.05, 4.69) is 31.1 Å². The van der Waals surface area contributed by atoms with Crippen LogP contribution in [0.3, 0.4) is 0 Å². The molecule has 0 aliphatic rings. The molecular formula is C40H42Cl2N6O8. The second-order valence-electron chi connectivity index (χ2n) is 11.8. The van der Waals surface area contributed by atoms with Crippen molar-refractivity contribution in [3.05, 3.63) is 82.8 Å². The van der Waals surface area contributed by atoms with E-state index < -0.39 is 35.5 Å². The standard InChI is InChI=1S/C40H42Cl2N6O8/c1-7-53-33-15-11-13-31(37(33)55-9-3)43-39(51)35(23(5)49)47-45-29-19-17-25(21-27(29)41)26-18-20-30(28(42)22-26)46-48-36(24(6)50)40(52)44-32-14-12-16-34(54-8-2)38(32)56-10-4/h11-22,35-36H,7-10H2,1-6H3,(H,43,51)(H,44,52). The van der Waals surface area contributed by atoms with Gasteiger partial charge in [0.1, 0.15) is 11.4 Å². The summed E-state index contributed by atoms with van der Waals surface area (Å²) in [5, 5.41) is 22.0. The first-order valence-electron chi connectivity index (χ1n) is 17.7. The zero-order valence-corrected chi connectivity index (χ0v) is 33.2. The number of carbonyl (C=O) groups excluding carboxylic acids is 4. The average molecular weight is 806 g/mol. The van der Waals surface area contributed by atoms with Gasteiger partial charge in [-0.1, -0.05) is 47.5 Å². The number of hydrogen-bond acceptors (Lipinski definition) is 12. The van der Waals surface area contributed by atoms with Gasteiger partial charge >= 0.3 is 0 Å². The minimum absolute atomic E-state index is 0.187. The number of hydrogen-bond donors (Lipinski definition) is 2.